The van der Waals surface area contributed by atoms with Gasteiger partial charge in [0.15, 0.2) is 0 Å². The van der Waals surface area contributed by atoms with Gasteiger partial charge < -0.3 is 20.5 Å². The van der Waals surface area contributed by atoms with Crippen molar-refractivity contribution < 1.29 is 31.6 Å². The summed E-state index contributed by atoms with van der Waals surface area (Å²) in [4.78, 5) is 21.4. The molecule has 0 fully saturated rings. The molecule has 168 valence electrons. The van der Waals surface area contributed by atoms with Gasteiger partial charge >= 0.3 is 7.60 Å². The molecule has 32 heavy (non-hydrogen) atoms. The van der Waals surface area contributed by atoms with Crippen LogP contribution in [0, 0.1) is 17.1 Å². The second-order valence-electron chi connectivity index (χ2n) is 6.36. The van der Waals surface area contributed by atoms with Crippen LogP contribution in [0.1, 0.15) is 5.56 Å². The Labute approximate surface area is 186 Å². The van der Waals surface area contributed by atoms with Crippen molar-refractivity contribution in [3.05, 3.63) is 53.8 Å². The van der Waals surface area contributed by atoms with E-state index in [2.05, 4.69) is 5.32 Å². The van der Waals surface area contributed by atoms with Crippen LogP contribution in [0.2, 0.25) is 0 Å². The number of hydrogen-bond acceptors (Lipinski definition) is 8. The van der Waals surface area contributed by atoms with Crippen LogP contribution in [-0.2, 0) is 19.4 Å². The number of nitrogens with two attached hydrogens (primary N) is 1. The van der Waals surface area contributed by atoms with Gasteiger partial charge in [-0.2, -0.15) is 9.98 Å². The van der Waals surface area contributed by atoms with Crippen molar-refractivity contribution in [1.29, 1.82) is 5.26 Å². The molecule has 0 aliphatic carbocycles. The summed E-state index contributed by atoms with van der Waals surface area (Å²) in [5, 5.41) is 11.8. The third-order valence-electron chi connectivity index (χ3n) is 3.99. The van der Waals surface area contributed by atoms with Gasteiger partial charge in [0.1, 0.15) is 28.1 Å². The standard InChI is InChI=1S/C18H16FN4O6PS2/c19-15-7-14(3-1-11(15)8-20)29-30(25,26)10-22-32(27,28)18-6-12-5-13(23-17(24)9-21)2-4-16(12)31-18/h1-7,22H,9-10,21H2,(H,23,24)(H,25,26). The van der Waals surface area contributed by atoms with E-state index >= 15 is 0 Å². The van der Waals surface area contributed by atoms with E-state index in [0.717, 1.165) is 29.5 Å². The lowest BCUT2D eigenvalue weighted by molar-refractivity contribution is -0.114. The van der Waals surface area contributed by atoms with E-state index in [-0.39, 0.29) is 22.1 Å². The molecule has 1 heterocycles. The third-order valence-corrected chi connectivity index (χ3v) is 8.25. The summed E-state index contributed by atoms with van der Waals surface area (Å²) in [6, 6.07) is 10.6. The van der Waals surface area contributed by atoms with E-state index in [1.807, 2.05) is 4.72 Å². The van der Waals surface area contributed by atoms with Gasteiger partial charge in [0.05, 0.1) is 12.1 Å². The molecule has 2 aromatic carbocycles. The Morgan fingerprint density at radius 2 is 2.03 bits per heavy atom. The van der Waals surface area contributed by atoms with Crippen molar-refractivity contribution in [2.75, 3.05) is 18.1 Å². The largest absolute Gasteiger partial charge is 0.424 e. The van der Waals surface area contributed by atoms with Crippen LogP contribution in [0.5, 0.6) is 5.75 Å². The van der Waals surface area contributed by atoms with Gasteiger partial charge in [-0.25, -0.2) is 17.4 Å². The molecule has 0 aliphatic heterocycles. The molecule has 10 nitrogen and oxygen atoms in total. The number of carbonyl (C=O) groups is 1. The molecular formula is C18H16FN4O6PS2. The van der Waals surface area contributed by atoms with Gasteiger partial charge in [-0.15, -0.1) is 11.3 Å². The fraction of sp³-hybridized carbons (Fsp3) is 0.111. The highest BCUT2D eigenvalue weighted by Crippen LogP contribution is 2.42. The summed E-state index contributed by atoms with van der Waals surface area (Å²) >= 11 is 0.918. The molecule has 0 saturated carbocycles. The summed E-state index contributed by atoms with van der Waals surface area (Å²) in [5.74, 6) is -1.69. The highest BCUT2D eigenvalue weighted by atomic mass is 32.2. The second kappa shape index (κ2) is 9.33. The van der Waals surface area contributed by atoms with Gasteiger partial charge in [-0.05, 0) is 41.8 Å². The SMILES string of the molecule is N#Cc1ccc(OP(=O)(O)CNS(=O)(=O)c2cc3cc(NC(=O)CN)ccc3s2)cc1F. The van der Waals surface area contributed by atoms with Gasteiger partial charge in [-0.3, -0.25) is 4.79 Å². The van der Waals surface area contributed by atoms with E-state index < -0.39 is 35.6 Å². The minimum atomic E-state index is -4.53. The minimum absolute atomic E-state index is 0.126. The van der Waals surface area contributed by atoms with Crippen LogP contribution in [-0.4, -0.2) is 32.0 Å². The fourth-order valence-corrected chi connectivity index (χ4v) is 6.44. The van der Waals surface area contributed by atoms with Gasteiger partial charge in [0.2, 0.25) is 5.91 Å². The van der Waals surface area contributed by atoms with Gasteiger partial charge in [0, 0.05) is 16.5 Å². The fourth-order valence-electron chi connectivity index (χ4n) is 2.52. The zero-order valence-electron chi connectivity index (χ0n) is 16.1. The van der Waals surface area contributed by atoms with E-state index in [4.69, 9.17) is 15.5 Å². The molecule has 14 heteroatoms. The number of benzene rings is 2. The third kappa shape index (κ3) is 5.68. The minimum Gasteiger partial charge on any atom is -0.424 e. The lowest BCUT2D eigenvalue weighted by atomic mass is 10.2. The van der Waals surface area contributed by atoms with E-state index in [9.17, 15) is 27.1 Å². The van der Waals surface area contributed by atoms with Crippen molar-refractivity contribution >= 4 is 50.6 Å². The van der Waals surface area contributed by atoms with Crippen molar-refractivity contribution in [3.8, 4) is 11.8 Å². The number of fused-ring (bicyclic) bond motifs is 1. The molecule has 1 atom stereocenters. The molecule has 0 radical (unpaired) electrons. The molecule has 1 amide bonds. The number of thiophene rings is 1. The highest BCUT2D eigenvalue weighted by molar-refractivity contribution is 7.92. The summed E-state index contributed by atoms with van der Waals surface area (Å²) in [7, 11) is -8.71. The zero-order chi connectivity index (χ0) is 23.5. The van der Waals surface area contributed by atoms with Crippen LogP contribution in [0.4, 0.5) is 10.1 Å². The molecule has 0 spiro atoms. The van der Waals surface area contributed by atoms with Crippen molar-refractivity contribution in [2.45, 2.75) is 4.21 Å². The average molecular weight is 498 g/mol. The number of halogens is 1. The summed E-state index contributed by atoms with van der Waals surface area (Å²) in [6.07, 6.45) is -0.969. The number of anilines is 1. The predicted molar refractivity (Wildman–Crippen MR) is 116 cm³/mol. The van der Waals surface area contributed by atoms with Crippen molar-refractivity contribution in [3.63, 3.8) is 0 Å². The number of sulfonamides is 1. The topological polar surface area (TPSA) is 172 Å². The first-order chi connectivity index (χ1) is 15.0. The Kier molecular flexibility index (Phi) is 6.94. The van der Waals surface area contributed by atoms with Crippen LogP contribution >= 0.6 is 18.9 Å². The number of carbonyl (C=O) groups excluding carboxylic acids is 1. The second-order valence-corrected chi connectivity index (χ2v) is 11.2. The predicted octanol–water partition coefficient (Wildman–Crippen LogP) is 2.31. The lowest BCUT2D eigenvalue weighted by Crippen LogP contribution is -2.25. The first-order valence-electron chi connectivity index (χ1n) is 8.77. The maximum atomic E-state index is 13.6. The Morgan fingerprint density at radius 1 is 1.28 bits per heavy atom. The maximum Gasteiger partial charge on any atom is 0.391 e. The Bertz CT molecular complexity index is 1390. The van der Waals surface area contributed by atoms with Crippen LogP contribution in [0.25, 0.3) is 10.1 Å². The zero-order valence-corrected chi connectivity index (χ0v) is 18.6. The molecule has 5 N–H and O–H groups in total. The number of amides is 1. The van der Waals surface area contributed by atoms with E-state index in [0.29, 0.717) is 15.8 Å². The molecule has 0 bridgehead atoms. The maximum absolute atomic E-state index is 13.6. The van der Waals surface area contributed by atoms with Crippen LogP contribution in [0.3, 0.4) is 0 Å². The molecule has 1 aromatic heterocycles. The number of nitriles is 1. The van der Waals surface area contributed by atoms with Crippen LogP contribution in [0.15, 0.2) is 46.7 Å². The molecular weight excluding hydrogens is 482 g/mol. The summed E-state index contributed by atoms with van der Waals surface area (Å²) in [6.45, 7) is -0.205. The quantitative estimate of drug-likeness (QED) is 0.343. The summed E-state index contributed by atoms with van der Waals surface area (Å²) in [5.41, 5.74) is 5.41. The molecule has 3 aromatic rings. The number of rotatable bonds is 8. The van der Waals surface area contributed by atoms with Gasteiger partial charge in [0.25, 0.3) is 10.0 Å². The van der Waals surface area contributed by atoms with Crippen molar-refractivity contribution in [2.24, 2.45) is 5.73 Å². The normalized spacial score (nSPS) is 13.3. The average Bonchev–Trinajstić information content (AvgIpc) is 3.17. The Hall–Kier alpha value is -2.85. The lowest BCUT2D eigenvalue weighted by Gasteiger charge is -2.14. The first kappa shape index (κ1) is 23.8. The smallest absolute Gasteiger partial charge is 0.391 e. The Morgan fingerprint density at radius 3 is 2.69 bits per heavy atom. The number of nitrogens with zero attached hydrogens (tertiary/aromatic N) is 1. The van der Waals surface area contributed by atoms with E-state index in [1.165, 1.54) is 6.07 Å². The van der Waals surface area contributed by atoms with E-state index in [1.54, 1.807) is 24.3 Å². The molecule has 3 rings (SSSR count). The monoisotopic (exact) mass is 498 g/mol. The van der Waals surface area contributed by atoms with Crippen LogP contribution < -0.4 is 20.3 Å². The summed E-state index contributed by atoms with van der Waals surface area (Å²) < 4.78 is 58.3. The highest BCUT2D eigenvalue weighted by Gasteiger charge is 2.27. The number of nitrogens with one attached hydrogen (secondary N) is 2. The number of hydrogen-bond donors (Lipinski definition) is 4. The van der Waals surface area contributed by atoms with Gasteiger partial charge in [-0.1, -0.05) is 0 Å². The Balaban J connectivity index is 1.73. The van der Waals surface area contributed by atoms with Crippen molar-refractivity contribution in [1.82, 2.24) is 4.72 Å². The molecule has 1 unspecified atom stereocenters. The molecule has 0 saturated heterocycles. The molecule has 0 aliphatic rings. The first-order valence-corrected chi connectivity index (χ1v) is 12.8.